The number of furan rings is 1. The second kappa shape index (κ2) is 9.64. The molecule has 174 valence electrons. The summed E-state index contributed by atoms with van der Waals surface area (Å²) in [6, 6.07) is 19.1. The highest BCUT2D eigenvalue weighted by Crippen LogP contribution is 2.29. The van der Waals surface area contributed by atoms with Crippen molar-refractivity contribution >= 4 is 34.6 Å². The molecule has 0 N–H and O–H groups in total. The van der Waals surface area contributed by atoms with Crippen molar-refractivity contribution in [2.45, 2.75) is 5.16 Å². The molecule has 1 aliphatic heterocycles. The molecule has 1 fully saturated rings. The van der Waals surface area contributed by atoms with Crippen LogP contribution in [0.15, 0.2) is 76.5 Å². The first-order chi connectivity index (χ1) is 16.6. The Hall–Kier alpha value is -3.72. The quantitative estimate of drug-likeness (QED) is 0.395. The second-order valence-electron chi connectivity index (χ2n) is 7.86. The lowest BCUT2D eigenvalue weighted by molar-refractivity contribution is -0.129. The lowest BCUT2D eigenvalue weighted by Crippen LogP contribution is -2.51. The lowest BCUT2D eigenvalue weighted by Gasteiger charge is -2.34. The zero-order valence-electron chi connectivity index (χ0n) is 18.7. The maximum atomic E-state index is 13.0. The van der Waals surface area contributed by atoms with Gasteiger partial charge in [-0.3, -0.25) is 14.2 Å². The van der Waals surface area contributed by atoms with E-state index < -0.39 is 0 Å². The number of carbonyl (C=O) groups excluding carboxylic acids is 2. The van der Waals surface area contributed by atoms with Crippen LogP contribution in [0.4, 0.5) is 0 Å². The van der Waals surface area contributed by atoms with Gasteiger partial charge in [-0.25, -0.2) is 4.98 Å². The van der Waals surface area contributed by atoms with E-state index in [0.29, 0.717) is 31.9 Å². The number of ether oxygens (including phenoxy) is 1. The highest BCUT2D eigenvalue weighted by atomic mass is 32.2. The van der Waals surface area contributed by atoms with Crippen LogP contribution in [0.2, 0.25) is 0 Å². The first kappa shape index (κ1) is 22.1. The zero-order valence-corrected chi connectivity index (χ0v) is 19.5. The Balaban J connectivity index is 1.27. The van der Waals surface area contributed by atoms with Crippen molar-refractivity contribution in [3.8, 4) is 11.4 Å². The van der Waals surface area contributed by atoms with Crippen LogP contribution >= 0.6 is 11.8 Å². The number of amides is 2. The van der Waals surface area contributed by atoms with Crippen LogP contribution in [0.5, 0.6) is 5.75 Å². The van der Waals surface area contributed by atoms with Gasteiger partial charge in [0.05, 0.1) is 30.2 Å². The first-order valence-corrected chi connectivity index (χ1v) is 12.0. The van der Waals surface area contributed by atoms with Crippen LogP contribution in [0.1, 0.15) is 10.6 Å². The van der Waals surface area contributed by atoms with Gasteiger partial charge < -0.3 is 19.0 Å². The maximum absolute atomic E-state index is 13.0. The van der Waals surface area contributed by atoms with Gasteiger partial charge in [0.25, 0.3) is 5.91 Å². The second-order valence-corrected chi connectivity index (χ2v) is 8.80. The minimum atomic E-state index is -0.139. The number of fused-ring (bicyclic) bond motifs is 1. The molecule has 0 atom stereocenters. The van der Waals surface area contributed by atoms with E-state index in [9.17, 15) is 9.59 Å². The summed E-state index contributed by atoms with van der Waals surface area (Å²) in [5.41, 5.74) is 2.81. The largest absolute Gasteiger partial charge is 0.497 e. The van der Waals surface area contributed by atoms with Crippen molar-refractivity contribution in [3.63, 3.8) is 0 Å². The summed E-state index contributed by atoms with van der Waals surface area (Å²) in [6.45, 7) is 1.97. The topological polar surface area (TPSA) is 80.8 Å². The van der Waals surface area contributed by atoms with Crippen molar-refractivity contribution < 1.29 is 18.7 Å². The van der Waals surface area contributed by atoms with Crippen molar-refractivity contribution in [2.24, 2.45) is 0 Å². The van der Waals surface area contributed by atoms with E-state index in [1.54, 1.807) is 29.0 Å². The molecule has 3 heterocycles. The summed E-state index contributed by atoms with van der Waals surface area (Å²) in [4.78, 5) is 33.7. The number of methoxy groups -OCH3 is 1. The van der Waals surface area contributed by atoms with Gasteiger partial charge in [0.2, 0.25) is 5.91 Å². The Kier molecular flexibility index (Phi) is 6.27. The molecule has 34 heavy (non-hydrogen) atoms. The number of nitrogens with zero attached hydrogens (tertiary/aromatic N) is 4. The zero-order chi connectivity index (χ0) is 23.5. The Morgan fingerprint density at radius 3 is 2.41 bits per heavy atom. The van der Waals surface area contributed by atoms with Gasteiger partial charge in [0, 0.05) is 31.9 Å². The molecule has 0 aliphatic carbocycles. The van der Waals surface area contributed by atoms with E-state index in [-0.39, 0.29) is 17.6 Å². The third-order valence-corrected chi connectivity index (χ3v) is 6.76. The summed E-state index contributed by atoms with van der Waals surface area (Å²) in [5, 5.41) is 0.756. The number of para-hydroxylation sites is 2. The number of hydrogen-bond acceptors (Lipinski definition) is 6. The van der Waals surface area contributed by atoms with Crippen LogP contribution in [0.25, 0.3) is 16.7 Å². The van der Waals surface area contributed by atoms with Gasteiger partial charge in [-0.15, -0.1) is 0 Å². The molecule has 0 saturated carbocycles. The molecule has 2 aromatic heterocycles. The molecule has 1 aliphatic rings. The van der Waals surface area contributed by atoms with E-state index in [1.807, 2.05) is 48.5 Å². The van der Waals surface area contributed by atoms with Gasteiger partial charge >= 0.3 is 0 Å². The Labute approximate surface area is 201 Å². The van der Waals surface area contributed by atoms with E-state index in [4.69, 9.17) is 14.1 Å². The van der Waals surface area contributed by atoms with Crippen molar-refractivity contribution in [2.75, 3.05) is 39.0 Å². The average Bonchev–Trinajstić information content (AvgIpc) is 3.55. The fourth-order valence-corrected chi connectivity index (χ4v) is 4.95. The van der Waals surface area contributed by atoms with Gasteiger partial charge in [0.15, 0.2) is 10.9 Å². The third-order valence-electron chi connectivity index (χ3n) is 5.84. The number of benzene rings is 2. The molecular weight excluding hydrogens is 452 g/mol. The summed E-state index contributed by atoms with van der Waals surface area (Å²) in [7, 11) is 1.64. The normalized spacial score (nSPS) is 13.9. The number of aromatic nitrogens is 2. The van der Waals surface area contributed by atoms with Crippen molar-refractivity contribution in [3.05, 3.63) is 72.7 Å². The molecule has 4 aromatic rings. The summed E-state index contributed by atoms with van der Waals surface area (Å²) in [6.07, 6.45) is 1.49. The maximum Gasteiger partial charge on any atom is 0.289 e. The number of thioether (sulfide) groups is 1. The lowest BCUT2D eigenvalue weighted by atomic mass is 10.2. The number of piperazine rings is 1. The van der Waals surface area contributed by atoms with E-state index in [2.05, 4.69) is 4.57 Å². The fourth-order valence-electron chi connectivity index (χ4n) is 4.01. The smallest absolute Gasteiger partial charge is 0.289 e. The molecule has 2 amide bonds. The van der Waals surface area contributed by atoms with Crippen LogP contribution in [-0.2, 0) is 4.79 Å². The monoisotopic (exact) mass is 476 g/mol. The van der Waals surface area contributed by atoms with E-state index in [1.165, 1.54) is 18.0 Å². The average molecular weight is 477 g/mol. The number of rotatable bonds is 6. The molecule has 0 unspecified atom stereocenters. The number of hydrogen-bond donors (Lipinski definition) is 0. The third kappa shape index (κ3) is 4.38. The van der Waals surface area contributed by atoms with E-state index >= 15 is 0 Å². The SMILES string of the molecule is COc1ccc(-n2c(SCC(=O)N3CCN(C(=O)c4ccco4)CC3)nc3ccccc32)cc1. The highest BCUT2D eigenvalue weighted by Gasteiger charge is 2.26. The van der Waals surface area contributed by atoms with Gasteiger partial charge in [0.1, 0.15) is 5.75 Å². The standard InChI is InChI=1S/C25H24N4O4S/c1-32-19-10-8-18(9-11-19)29-21-6-3-2-5-20(21)26-25(29)34-17-23(30)27-12-14-28(15-13-27)24(31)22-7-4-16-33-22/h2-11,16H,12-15,17H2,1H3. The summed E-state index contributed by atoms with van der Waals surface area (Å²) >= 11 is 1.42. The minimum absolute atomic E-state index is 0.0310. The Morgan fingerprint density at radius 2 is 1.71 bits per heavy atom. The number of carbonyl (C=O) groups is 2. The molecule has 0 radical (unpaired) electrons. The molecule has 0 spiro atoms. The fraction of sp³-hybridized carbons (Fsp3) is 0.240. The molecule has 0 bridgehead atoms. The van der Waals surface area contributed by atoms with Crippen LogP contribution in [0.3, 0.4) is 0 Å². The summed E-state index contributed by atoms with van der Waals surface area (Å²) in [5.74, 6) is 1.27. The first-order valence-electron chi connectivity index (χ1n) is 11.0. The Morgan fingerprint density at radius 1 is 0.971 bits per heavy atom. The minimum Gasteiger partial charge on any atom is -0.497 e. The van der Waals surface area contributed by atoms with Gasteiger partial charge in [-0.05, 0) is 48.5 Å². The molecule has 1 saturated heterocycles. The van der Waals surface area contributed by atoms with Crippen LogP contribution < -0.4 is 4.74 Å². The van der Waals surface area contributed by atoms with Crippen molar-refractivity contribution in [1.82, 2.24) is 19.4 Å². The highest BCUT2D eigenvalue weighted by molar-refractivity contribution is 7.99. The molecule has 2 aromatic carbocycles. The Bertz CT molecular complexity index is 1290. The summed E-state index contributed by atoms with van der Waals surface area (Å²) < 4.78 is 12.6. The van der Waals surface area contributed by atoms with Crippen molar-refractivity contribution in [1.29, 1.82) is 0 Å². The molecular formula is C25H24N4O4S. The number of imidazole rings is 1. The van der Waals surface area contributed by atoms with E-state index in [0.717, 1.165) is 27.6 Å². The van der Waals surface area contributed by atoms with Gasteiger partial charge in [-0.2, -0.15) is 0 Å². The molecule has 8 nitrogen and oxygen atoms in total. The molecule has 9 heteroatoms. The molecule has 5 rings (SSSR count). The predicted molar refractivity (Wildman–Crippen MR) is 130 cm³/mol. The predicted octanol–water partition coefficient (Wildman–Crippen LogP) is 3.70. The van der Waals surface area contributed by atoms with Crippen LogP contribution in [0, 0.1) is 0 Å². The van der Waals surface area contributed by atoms with Gasteiger partial charge in [-0.1, -0.05) is 23.9 Å². The van der Waals surface area contributed by atoms with Crippen LogP contribution in [-0.4, -0.2) is 70.2 Å².